The molecule has 0 spiro atoms. The number of anilines is 2. The lowest BCUT2D eigenvalue weighted by atomic mass is 10.1. The quantitative estimate of drug-likeness (QED) is 0.161. The van der Waals surface area contributed by atoms with Crippen molar-refractivity contribution in [3.05, 3.63) is 85.3 Å². The first kappa shape index (κ1) is 26.2. The van der Waals surface area contributed by atoms with Gasteiger partial charge in [-0.25, -0.2) is 4.79 Å². The SMILES string of the molecule is Cc1ccccc1NC(=O)CSc1ccc(NC(=O)c2c(Cl)c(Cl)c(Cl)c(Cl)c2C(=O)O)cc1. The first-order chi connectivity index (χ1) is 16.1. The first-order valence-electron chi connectivity index (χ1n) is 9.59. The van der Waals surface area contributed by atoms with Crippen LogP contribution in [0.25, 0.3) is 0 Å². The van der Waals surface area contributed by atoms with E-state index in [4.69, 9.17) is 46.4 Å². The number of amides is 2. The van der Waals surface area contributed by atoms with E-state index in [1.807, 2.05) is 31.2 Å². The molecule has 34 heavy (non-hydrogen) atoms. The molecule has 3 aromatic rings. The fraction of sp³-hybridized carbons (Fsp3) is 0.0870. The maximum atomic E-state index is 12.8. The van der Waals surface area contributed by atoms with E-state index in [-0.39, 0.29) is 31.8 Å². The zero-order valence-electron chi connectivity index (χ0n) is 17.4. The molecule has 0 aliphatic carbocycles. The Labute approximate surface area is 219 Å². The number of rotatable bonds is 7. The molecular weight excluding hydrogens is 542 g/mol. The lowest BCUT2D eigenvalue weighted by Crippen LogP contribution is -2.18. The van der Waals surface area contributed by atoms with Crippen LogP contribution in [0.5, 0.6) is 0 Å². The number of carboxylic acids is 1. The van der Waals surface area contributed by atoms with Gasteiger partial charge in [-0.2, -0.15) is 0 Å². The average Bonchev–Trinajstić information content (AvgIpc) is 2.80. The Kier molecular flexibility index (Phi) is 8.73. The summed E-state index contributed by atoms with van der Waals surface area (Å²) < 4.78 is 0. The Morgan fingerprint density at radius 3 is 2.00 bits per heavy atom. The number of carbonyl (C=O) groups is 3. The maximum Gasteiger partial charge on any atom is 0.338 e. The minimum absolute atomic E-state index is 0.149. The predicted molar refractivity (Wildman–Crippen MR) is 138 cm³/mol. The molecule has 0 fully saturated rings. The third-order valence-electron chi connectivity index (χ3n) is 4.61. The number of benzene rings is 3. The smallest absolute Gasteiger partial charge is 0.338 e. The standard InChI is InChI=1S/C23H16Cl4N2O4S/c1-11-4-2-3-5-14(11)29-15(30)10-34-13-8-6-12(7-9-13)28-22(31)16-17(23(32)33)19(25)21(27)20(26)18(16)24/h2-9H,10H2,1H3,(H,28,31)(H,29,30)(H,32,33). The van der Waals surface area contributed by atoms with Crippen molar-refractivity contribution in [3.8, 4) is 0 Å². The summed E-state index contributed by atoms with van der Waals surface area (Å²) in [6.07, 6.45) is 0. The van der Waals surface area contributed by atoms with Gasteiger partial charge in [0.05, 0.1) is 37.0 Å². The third kappa shape index (κ3) is 5.98. The van der Waals surface area contributed by atoms with Crippen molar-refractivity contribution in [1.29, 1.82) is 0 Å². The Morgan fingerprint density at radius 2 is 1.41 bits per heavy atom. The van der Waals surface area contributed by atoms with E-state index in [0.717, 1.165) is 16.1 Å². The van der Waals surface area contributed by atoms with Gasteiger partial charge in [0.15, 0.2) is 0 Å². The number of halogens is 4. The Hall–Kier alpha value is -2.42. The largest absolute Gasteiger partial charge is 0.478 e. The maximum absolute atomic E-state index is 12.8. The van der Waals surface area contributed by atoms with E-state index in [9.17, 15) is 19.5 Å². The zero-order chi connectivity index (χ0) is 25.0. The van der Waals surface area contributed by atoms with Crippen LogP contribution in [0.4, 0.5) is 11.4 Å². The van der Waals surface area contributed by atoms with Crippen LogP contribution < -0.4 is 10.6 Å². The topological polar surface area (TPSA) is 95.5 Å². The molecule has 176 valence electrons. The minimum atomic E-state index is -1.48. The van der Waals surface area contributed by atoms with Crippen LogP contribution in [-0.4, -0.2) is 28.6 Å². The Morgan fingerprint density at radius 1 is 0.824 bits per heavy atom. The van der Waals surface area contributed by atoms with E-state index >= 15 is 0 Å². The normalized spacial score (nSPS) is 10.6. The van der Waals surface area contributed by atoms with Crippen molar-refractivity contribution in [2.24, 2.45) is 0 Å². The van der Waals surface area contributed by atoms with E-state index in [1.54, 1.807) is 24.3 Å². The number of para-hydroxylation sites is 1. The van der Waals surface area contributed by atoms with Gasteiger partial charge in [-0.15, -0.1) is 11.8 Å². The number of carbonyl (C=O) groups excluding carboxylic acids is 2. The number of hydrogen-bond acceptors (Lipinski definition) is 4. The highest BCUT2D eigenvalue weighted by molar-refractivity contribution is 8.00. The molecule has 11 heteroatoms. The molecule has 0 heterocycles. The van der Waals surface area contributed by atoms with Crippen molar-refractivity contribution in [2.45, 2.75) is 11.8 Å². The lowest BCUT2D eigenvalue weighted by molar-refractivity contribution is -0.113. The molecule has 0 aliphatic rings. The summed E-state index contributed by atoms with van der Waals surface area (Å²) in [5.74, 6) is -2.25. The second-order valence-corrected chi connectivity index (χ2v) is 9.50. The molecule has 0 bridgehead atoms. The molecule has 3 N–H and O–H groups in total. The second kappa shape index (κ2) is 11.3. The van der Waals surface area contributed by atoms with Gasteiger partial charge < -0.3 is 15.7 Å². The van der Waals surface area contributed by atoms with Crippen molar-refractivity contribution >= 4 is 87.3 Å². The van der Waals surface area contributed by atoms with Gasteiger partial charge >= 0.3 is 5.97 Å². The highest BCUT2D eigenvalue weighted by Crippen LogP contribution is 2.41. The monoisotopic (exact) mass is 556 g/mol. The van der Waals surface area contributed by atoms with Gasteiger partial charge in [-0.1, -0.05) is 64.6 Å². The minimum Gasteiger partial charge on any atom is -0.478 e. The second-order valence-electron chi connectivity index (χ2n) is 6.94. The van der Waals surface area contributed by atoms with E-state index in [0.29, 0.717) is 5.69 Å². The van der Waals surface area contributed by atoms with Gasteiger partial charge in [0.25, 0.3) is 5.91 Å². The summed E-state index contributed by atoms with van der Waals surface area (Å²) >= 11 is 25.3. The van der Waals surface area contributed by atoms with Crippen molar-refractivity contribution < 1.29 is 19.5 Å². The summed E-state index contributed by atoms with van der Waals surface area (Å²) in [5.41, 5.74) is 1.14. The molecule has 6 nitrogen and oxygen atoms in total. The predicted octanol–water partition coefficient (Wildman–Crippen LogP) is 7.29. The fourth-order valence-electron chi connectivity index (χ4n) is 2.92. The Balaban J connectivity index is 1.68. The van der Waals surface area contributed by atoms with E-state index < -0.39 is 23.0 Å². The van der Waals surface area contributed by atoms with Crippen LogP contribution >= 0.6 is 58.2 Å². The summed E-state index contributed by atoms with van der Waals surface area (Å²) in [7, 11) is 0. The molecule has 0 aliphatic heterocycles. The highest BCUT2D eigenvalue weighted by atomic mass is 35.5. The number of aromatic carboxylic acids is 1. The van der Waals surface area contributed by atoms with Gasteiger partial charge in [0.2, 0.25) is 5.91 Å². The number of nitrogens with one attached hydrogen (secondary N) is 2. The van der Waals surface area contributed by atoms with Crippen molar-refractivity contribution in [2.75, 3.05) is 16.4 Å². The summed E-state index contributed by atoms with van der Waals surface area (Å²) in [6, 6.07) is 14.1. The molecule has 0 saturated carbocycles. The summed E-state index contributed by atoms with van der Waals surface area (Å²) in [4.78, 5) is 37.5. The van der Waals surface area contributed by atoms with Crippen LogP contribution in [0.3, 0.4) is 0 Å². The number of aryl methyl sites for hydroxylation is 1. The summed E-state index contributed by atoms with van der Waals surface area (Å²) in [6.45, 7) is 1.91. The molecule has 0 aromatic heterocycles. The van der Waals surface area contributed by atoms with Crippen molar-refractivity contribution in [3.63, 3.8) is 0 Å². The molecule has 3 aromatic carbocycles. The third-order valence-corrected chi connectivity index (χ3v) is 7.42. The van der Waals surface area contributed by atoms with Crippen molar-refractivity contribution in [1.82, 2.24) is 0 Å². The lowest BCUT2D eigenvalue weighted by Gasteiger charge is -2.14. The fourth-order valence-corrected chi connectivity index (χ4v) is 4.64. The zero-order valence-corrected chi connectivity index (χ0v) is 21.3. The van der Waals surface area contributed by atoms with E-state index in [1.165, 1.54) is 11.8 Å². The van der Waals surface area contributed by atoms with Gasteiger partial charge in [0.1, 0.15) is 0 Å². The number of hydrogen-bond donors (Lipinski definition) is 3. The van der Waals surface area contributed by atoms with Crippen LogP contribution in [-0.2, 0) is 4.79 Å². The first-order valence-corrected chi connectivity index (χ1v) is 12.1. The van der Waals surface area contributed by atoms with E-state index in [2.05, 4.69) is 10.6 Å². The van der Waals surface area contributed by atoms with Crippen LogP contribution in [0.15, 0.2) is 53.4 Å². The molecule has 0 saturated heterocycles. The van der Waals surface area contributed by atoms with Gasteiger partial charge in [-0.3, -0.25) is 9.59 Å². The van der Waals surface area contributed by atoms with Gasteiger partial charge in [-0.05, 0) is 42.8 Å². The van der Waals surface area contributed by atoms with Crippen LogP contribution in [0, 0.1) is 6.92 Å². The Bertz CT molecular complexity index is 1280. The van der Waals surface area contributed by atoms with Crippen LogP contribution in [0.2, 0.25) is 20.1 Å². The molecular formula is C23H16Cl4N2O4S. The average molecular weight is 558 g/mol. The number of thioether (sulfide) groups is 1. The highest BCUT2D eigenvalue weighted by Gasteiger charge is 2.28. The molecule has 0 unspecified atom stereocenters. The molecule has 0 radical (unpaired) electrons. The summed E-state index contributed by atoms with van der Waals surface area (Å²) in [5, 5.41) is 13.7. The van der Waals surface area contributed by atoms with Crippen LogP contribution in [0.1, 0.15) is 26.3 Å². The van der Waals surface area contributed by atoms with Gasteiger partial charge in [0, 0.05) is 16.3 Å². The molecule has 0 atom stereocenters. The molecule has 3 rings (SSSR count). The molecule has 2 amide bonds. The number of carboxylic acid groups (broad SMARTS) is 1.